The van der Waals surface area contributed by atoms with E-state index in [4.69, 9.17) is 4.74 Å². The largest absolute Gasteiger partial charge is 0.497 e. The van der Waals surface area contributed by atoms with Crippen LogP contribution in [0.2, 0.25) is 0 Å². The summed E-state index contributed by atoms with van der Waals surface area (Å²) in [5.41, 5.74) is 5.89. The predicted octanol–water partition coefficient (Wildman–Crippen LogP) is 4.39. The minimum atomic E-state index is -0.132. The Morgan fingerprint density at radius 1 is 1.06 bits per heavy atom. The van der Waals surface area contributed by atoms with Crippen molar-refractivity contribution >= 4 is 11.6 Å². The van der Waals surface area contributed by atoms with E-state index in [1.807, 2.05) is 37.3 Å². The van der Waals surface area contributed by atoms with E-state index in [1.54, 1.807) is 18.0 Å². The molecule has 0 saturated heterocycles. The third-order valence-corrected chi connectivity index (χ3v) is 6.96. The van der Waals surface area contributed by atoms with E-state index in [1.165, 1.54) is 30.4 Å². The number of carbonyl (C=O) groups is 1. The van der Waals surface area contributed by atoms with Crippen molar-refractivity contribution in [2.75, 3.05) is 25.5 Å². The van der Waals surface area contributed by atoms with Crippen molar-refractivity contribution in [1.29, 1.82) is 0 Å². The van der Waals surface area contributed by atoms with Gasteiger partial charge in [-0.05, 0) is 80.1 Å². The Hall–Kier alpha value is -3.12. The Morgan fingerprint density at radius 2 is 1.81 bits per heavy atom. The lowest BCUT2D eigenvalue weighted by Gasteiger charge is -2.36. The highest BCUT2D eigenvalue weighted by Gasteiger charge is 2.26. The molecule has 3 aromatic rings. The second-order valence-corrected chi connectivity index (χ2v) is 8.81. The number of anilines is 1. The van der Waals surface area contributed by atoms with Crippen LogP contribution in [0.5, 0.6) is 5.75 Å². The van der Waals surface area contributed by atoms with Gasteiger partial charge in [0.1, 0.15) is 5.75 Å². The molecule has 1 N–H and O–H groups in total. The number of nitrogens with one attached hydrogen (secondary N) is 1. The summed E-state index contributed by atoms with van der Waals surface area (Å²) in [6, 6.07) is 14.8. The molecular weight excluding hydrogens is 400 g/mol. The summed E-state index contributed by atoms with van der Waals surface area (Å²) in [4.78, 5) is 15.7. The Kier molecular flexibility index (Phi) is 5.70. The molecule has 1 fully saturated rings. The van der Waals surface area contributed by atoms with Gasteiger partial charge >= 0.3 is 0 Å². The number of methoxy groups -OCH3 is 1. The van der Waals surface area contributed by atoms with Crippen molar-refractivity contribution in [3.63, 3.8) is 0 Å². The zero-order chi connectivity index (χ0) is 22.1. The molecule has 1 saturated carbocycles. The van der Waals surface area contributed by atoms with Gasteiger partial charge in [0.15, 0.2) is 0 Å². The van der Waals surface area contributed by atoms with Gasteiger partial charge in [-0.1, -0.05) is 12.5 Å². The standard InChI is InChI=1S/C26H30N4O2/c1-18-25(17-27-30(18)23-8-10-24(32-2)11-9-23)26(31)28-21-7-6-19-12-14-29(22-4-3-5-22)15-13-20(19)16-21/h6-11,16-17,22H,3-5,12-15H2,1-2H3,(H,28,31). The van der Waals surface area contributed by atoms with E-state index >= 15 is 0 Å². The predicted molar refractivity (Wildman–Crippen MR) is 126 cm³/mol. The van der Waals surface area contributed by atoms with Crippen molar-refractivity contribution in [1.82, 2.24) is 14.7 Å². The van der Waals surface area contributed by atoms with Gasteiger partial charge in [0.05, 0.1) is 30.3 Å². The van der Waals surface area contributed by atoms with E-state index in [2.05, 4.69) is 27.4 Å². The summed E-state index contributed by atoms with van der Waals surface area (Å²) >= 11 is 0. The topological polar surface area (TPSA) is 59.4 Å². The van der Waals surface area contributed by atoms with Crippen molar-refractivity contribution in [3.8, 4) is 11.4 Å². The van der Waals surface area contributed by atoms with Crippen molar-refractivity contribution in [2.24, 2.45) is 0 Å². The maximum atomic E-state index is 13.0. The average Bonchev–Trinajstić information content (AvgIpc) is 3.04. The summed E-state index contributed by atoms with van der Waals surface area (Å²) < 4.78 is 7.00. The van der Waals surface area contributed by atoms with Gasteiger partial charge in [0.2, 0.25) is 0 Å². The molecule has 2 aromatic carbocycles. The van der Waals surface area contributed by atoms with Crippen LogP contribution < -0.4 is 10.1 Å². The molecule has 0 unspecified atom stereocenters. The summed E-state index contributed by atoms with van der Waals surface area (Å²) in [5, 5.41) is 7.52. The number of benzene rings is 2. The molecule has 0 radical (unpaired) electrons. The number of nitrogens with zero attached hydrogens (tertiary/aromatic N) is 3. The molecule has 166 valence electrons. The maximum absolute atomic E-state index is 13.0. The van der Waals surface area contributed by atoms with E-state index in [9.17, 15) is 4.79 Å². The first-order valence-electron chi connectivity index (χ1n) is 11.5. The van der Waals surface area contributed by atoms with Crippen LogP contribution in [-0.2, 0) is 12.8 Å². The number of carbonyl (C=O) groups excluding carboxylic acids is 1. The van der Waals surface area contributed by atoms with Crippen LogP contribution in [0.15, 0.2) is 48.7 Å². The Bertz CT molecular complexity index is 1120. The molecule has 5 rings (SSSR count). The Morgan fingerprint density at radius 3 is 2.50 bits per heavy atom. The van der Waals surface area contributed by atoms with E-state index in [-0.39, 0.29) is 5.91 Å². The summed E-state index contributed by atoms with van der Waals surface area (Å²) in [7, 11) is 1.64. The molecule has 1 amide bonds. The van der Waals surface area contributed by atoms with Gasteiger partial charge in [-0.2, -0.15) is 5.10 Å². The SMILES string of the molecule is COc1ccc(-n2ncc(C(=O)Nc3ccc4c(c3)CCN(C3CCC3)CC4)c2C)cc1. The molecule has 2 aliphatic rings. The molecule has 32 heavy (non-hydrogen) atoms. The second kappa shape index (κ2) is 8.79. The zero-order valence-electron chi connectivity index (χ0n) is 18.8. The van der Waals surface area contributed by atoms with Crippen molar-refractivity contribution < 1.29 is 9.53 Å². The number of fused-ring (bicyclic) bond motifs is 1. The number of hydrogen-bond acceptors (Lipinski definition) is 4. The second-order valence-electron chi connectivity index (χ2n) is 8.81. The molecule has 0 bridgehead atoms. The number of hydrogen-bond donors (Lipinski definition) is 1. The molecule has 0 atom stereocenters. The third-order valence-electron chi connectivity index (χ3n) is 6.96. The van der Waals surface area contributed by atoms with E-state index in [0.717, 1.165) is 54.8 Å². The smallest absolute Gasteiger partial charge is 0.259 e. The molecule has 1 aliphatic carbocycles. The number of amides is 1. The van der Waals surface area contributed by atoms with Crippen LogP contribution in [0.3, 0.4) is 0 Å². The lowest BCUT2D eigenvalue weighted by molar-refractivity contribution is 0.102. The highest BCUT2D eigenvalue weighted by Crippen LogP contribution is 2.28. The lowest BCUT2D eigenvalue weighted by Crippen LogP contribution is -2.41. The van der Waals surface area contributed by atoms with Gasteiger partial charge in [0.25, 0.3) is 5.91 Å². The highest BCUT2D eigenvalue weighted by atomic mass is 16.5. The first-order valence-corrected chi connectivity index (χ1v) is 11.5. The summed E-state index contributed by atoms with van der Waals surface area (Å²) in [5.74, 6) is 0.655. The number of rotatable bonds is 5. The van der Waals surface area contributed by atoms with Crippen LogP contribution in [0.4, 0.5) is 5.69 Å². The Labute approximate surface area is 189 Å². The first kappa shape index (κ1) is 20.8. The lowest BCUT2D eigenvalue weighted by atomic mass is 9.91. The maximum Gasteiger partial charge on any atom is 0.259 e. The minimum Gasteiger partial charge on any atom is -0.497 e. The monoisotopic (exact) mass is 430 g/mol. The fraction of sp³-hybridized carbons (Fsp3) is 0.385. The normalized spacial score (nSPS) is 16.7. The Balaban J connectivity index is 1.29. The number of aromatic nitrogens is 2. The number of ether oxygens (including phenoxy) is 1. The molecule has 6 nitrogen and oxygen atoms in total. The zero-order valence-corrected chi connectivity index (χ0v) is 18.8. The van der Waals surface area contributed by atoms with Gasteiger partial charge < -0.3 is 10.1 Å². The summed E-state index contributed by atoms with van der Waals surface area (Å²) in [6.07, 6.45) is 7.84. The van der Waals surface area contributed by atoms with Crippen LogP contribution in [0, 0.1) is 6.92 Å². The third kappa shape index (κ3) is 4.02. The molecular formula is C26H30N4O2. The quantitative estimate of drug-likeness (QED) is 0.652. The molecule has 6 heteroatoms. The molecule has 1 aromatic heterocycles. The van der Waals surface area contributed by atoms with Crippen molar-refractivity contribution in [2.45, 2.75) is 45.1 Å². The van der Waals surface area contributed by atoms with Crippen LogP contribution in [0.1, 0.15) is 46.4 Å². The molecule has 1 aliphatic heterocycles. The fourth-order valence-corrected chi connectivity index (χ4v) is 4.75. The van der Waals surface area contributed by atoms with E-state index in [0.29, 0.717) is 5.56 Å². The fourth-order valence-electron chi connectivity index (χ4n) is 4.75. The van der Waals surface area contributed by atoms with Gasteiger partial charge in [0, 0.05) is 24.8 Å². The average molecular weight is 431 g/mol. The highest BCUT2D eigenvalue weighted by molar-refractivity contribution is 6.05. The molecule has 2 heterocycles. The van der Waals surface area contributed by atoms with Gasteiger partial charge in [-0.3, -0.25) is 9.69 Å². The van der Waals surface area contributed by atoms with Crippen LogP contribution >= 0.6 is 0 Å². The van der Waals surface area contributed by atoms with Crippen molar-refractivity contribution in [3.05, 3.63) is 71.0 Å². The molecule has 0 spiro atoms. The first-order chi connectivity index (χ1) is 15.6. The minimum absolute atomic E-state index is 0.132. The van der Waals surface area contributed by atoms with Gasteiger partial charge in [-0.15, -0.1) is 0 Å². The summed E-state index contributed by atoms with van der Waals surface area (Å²) in [6.45, 7) is 4.17. The van der Waals surface area contributed by atoms with Crippen LogP contribution in [0.25, 0.3) is 5.69 Å². The van der Waals surface area contributed by atoms with Gasteiger partial charge in [-0.25, -0.2) is 4.68 Å². The van der Waals surface area contributed by atoms with E-state index < -0.39 is 0 Å². The van der Waals surface area contributed by atoms with Crippen LogP contribution in [-0.4, -0.2) is 46.8 Å².